The van der Waals surface area contributed by atoms with Gasteiger partial charge < -0.3 is 5.73 Å². The van der Waals surface area contributed by atoms with Crippen LogP contribution in [0.1, 0.15) is 12.5 Å². The Bertz CT molecular complexity index is 1200. The molecule has 1 heteroatoms. The van der Waals surface area contributed by atoms with E-state index in [0.29, 0.717) is 0 Å². The molecule has 0 fully saturated rings. The van der Waals surface area contributed by atoms with Crippen LogP contribution in [0.3, 0.4) is 0 Å². The Balaban J connectivity index is 2.30. The van der Waals surface area contributed by atoms with Crippen molar-refractivity contribution in [2.75, 3.05) is 5.73 Å². The second kappa shape index (κ2) is 4.36. The summed E-state index contributed by atoms with van der Waals surface area (Å²) in [4.78, 5) is 0. The molecular formula is C22H17N. The molecule has 0 atom stereocenters. The molecule has 0 unspecified atom stereocenters. The molecule has 0 bridgehead atoms. The van der Waals surface area contributed by atoms with Gasteiger partial charge in [-0.15, -0.1) is 0 Å². The summed E-state index contributed by atoms with van der Waals surface area (Å²) in [6.45, 7) is 2.22. The van der Waals surface area contributed by atoms with Gasteiger partial charge in [0.2, 0.25) is 0 Å². The molecule has 5 rings (SSSR count). The van der Waals surface area contributed by atoms with Gasteiger partial charge in [0.1, 0.15) is 0 Å². The number of hydrogen-bond acceptors (Lipinski definition) is 1. The van der Waals surface area contributed by atoms with E-state index in [1.54, 1.807) is 0 Å². The van der Waals surface area contributed by atoms with E-state index in [9.17, 15) is 0 Å². The summed E-state index contributed by atoms with van der Waals surface area (Å²) in [5, 5.41) is 10.4. The van der Waals surface area contributed by atoms with Crippen molar-refractivity contribution in [3.8, 4) is 0 Å². The Labute approximate surface area is 134 Å². The quantitative estimate of drug-likeness (QED) is 0.233. The minimum absolute atomic E-state index is 0.877. The third kappa shape index (κ3) is 1.52. The van der Waals surface area contributed by atoms with Gasteiger partial charge >= 0.3 is 0 Å². The van der Waals surface area contributed by atoms with E-state index in [1.807, 2.05) is 6.07 Å². The maximum absolute atomic E-state index is 6.46. The summed E-state index contributed by atoms with van der Waals surface area (Å²) in [6, 6.07) is 21.8. The second-order valence-corrected chi connectivity index (χ2v) is 6.29. The molecule has 110 valence electrons. The second-order valence-electron chi connectivity index (χ2n) is 6.29. The molecule has 2 N–H and O–H groups in total. The first-order valence-electron chi connectivity index (χ1n) is 8.16. The van der Waals surface area contributed by atoms with E-state index < -0.39 is 0 Å². The highest BCUT2D eigenvalue weighted by Gasteiger charge is 2.16. The molecule has 0 saturated carbocycles. The maximum Gasteiger partial charge on any atom is 0.0400 e. The Morgan fingerprint density at radius 2 is 1.26 bits per heavy atom. The van der Waals surface area contributed by atoms with Crippen LogP contribution in [-0.2, 0) is 6.42 Å². The van der Waals surface area contributed by atoms with E-state index in [1.165, 1.54) is 48.7 Å². The van der Waals surface area contributed by atoms with Crippen molar-refractivity contribution in [1.29, 1.82) is 0 Å². The highest BCUT2D eigenvalue weighted by molar-refractivity contribution is 6.35. The van der Waals surface area contributed by atoms with Crippen molar-refractivity contribution in [2.45, 2.75) is 13.3 Å². The van der Waals surface area contributed by atoms with Crippen molar-refractivity contribution in [2.24, 2.45) is 0 Å². The first-order valence-corrected chi connectivity index (χ1v) is 8.16. The molecule has 0 aliphatic carbocycles. The fourth-order valence-electron chi connectivity index (χ4n) is 4.12. The minimum atomic E-state index is 0.877. The summed E-state index contributed by atoms with van der Waals surface area (Å²) >= 11 is 0. The van der Waals surface area contributed by atoms with E-state index >= 15 is 0 Å². The van der Waals surface area contributed by atoms with E-state index in [4.69, 9.17) is 5.73 Å². The van der Waals surface area contributed by atoms with Crippen molar-refractivity contribution in [1.82, 2.24) is 0 Å². The lowest BCUT2D eigenvalue weighted by Crippen LogP contribution is -1.94. The summed E-state index contributed by atoms with van der Waals surface area (Å²) in [5.41, 5.74) is 8.71. The predicted octanol–water partition coefficient (Wildman–Crippen LogP) is 5.88. The molecule has 1 nitrogen and oxygen atoms in total. The average Bonchev–Trinajstić information content (AvgIpc) is 2.60. The van der Waals surface area contributed by atoms with Crippen molar-refractivity contribution < 1.29 is 0 Å². The smallest absolute Gasteiger partial charge is 0.0400 e. The first kappa shape index (κ1) is 12.7. The number of nitrogen functional groups attached to an aromatic ring is 1. The van der Waals surface area contributed by atoms with Gasteiger partial charge in [0.05, 0.1) is 0 Å². The summed E-state index contributed by atoms with van der Waals surface area (Å²) < 4.78 is 0. The molecule has 0 amide bonds. The largest absolute Gasteiger partial charge is 0.398 e. The van der Waals surface area contributed by atoms with Crippen LogP contribution < -0.4 is 5.73 Å². The summed E-state index contributed by atoms with van der Waals surface area (Å²) in [5.74, 6) is 0. The van der Waals surface area contributed by atoms with Gasteiger partial charge in [0.25, 0.3) is 0 Å². The summed E-state index contributed by atoms with van der Waals surface area (Å²) in [6.07, 6.45) is 1.01. The van der Waals surface area contributed by atoms with Crippen LogP contribution >= 0.6 is 0 Å². The first-order chi connectivity index (χ1) is 11.3. The van der Waals surface area contributed by atoms with Gasteiger partial charge in [-0.2, -0.15) is 0 Å². The van der Waals surface area contributed by atoms with Crippen molar-refractivity contribution >= 4 is 48.8 Å². The number of anilines is 1. The number of fused-ring (bicyclic) bond motifs is 2. The van der Waals surface area contributed by atoms with E-state index in [-0.39, 0.29) is 0 Å². The molecule has 0 saturated heterocycles. The van der Waals surface area contributed by atoms with Crippen LogP contribution in [0.2, 0.25) is 0 Å². The molecule has 5 aromatic carbocycles. The van der Waals surface area contributed by atoms with Gasteiger partial charge in [-0.25, -0.2) is 0 Å². The topological polar surface area (TPSA) is 26.0 Å². The zero-order valence-corrected chi connectivity index (χ0v) is 13.1. The molecule has 0 aliphatic rings. The predicted molar refractivity (Wildman–Crippen MR) is 101 cm³/mol. The third-order valence-corrected chi connectivity index (χ3v) is 5.13. The van der Waals surface area contributed by atoms with E-state index in [0.717, 1.165) is 12.1 Å². The molecular weight excluding hydrogens is 278 g/mol. The molecule has 0 heterocycles. The van der Waals surface area contributed by atoms with Crippen LogP contribution in [0.4, 0.5) is 5.69 Å². The fraction of sp³-hybridized carbons (Fsp3) is 0.0909. The zero-order valence-electron chi connectivity index (χ0n) is 13.1. The SMILES string of the molecule is CCc1ccc2cccc3c4cccc5ccc(N)c(c1c23)c54. The standard InChI is InChI=1S/C22H17N/c1-2-13-9-10-14-5-3-7-16-17-8-4-6-15-11-12-18(23)22(20(15)17)21(13)19(14)16/h3-12H,2,23H2,1H3. The number of nitrogens with two attached hydrogens (primary N) is 1. The van der Waals surface area contributed by atoms with Crippen LogP contribution in [0, 0.1) is 0 Å². The molecule has 0 radical (unpaired) electrons. The van der Waals surface area contributed by atoms with E-state index in [2.05, 4.69) is 61.5 Å². The zero-order chi connectivity index (χ0) is 15.6. The molecule has 23 heavy (non-hydrogen) atoms. The normalized spacial score (nSPS) is 12.0. The fourth-order valence-corrected chi connectivity index (χ4v) is 4.12. The van der Waals surface area contributed by atoms with Gasteiger partial charge in [-0.1, -0.05) is 61.5 Å². The van der Waals surface area contributed by atoms with Crippen LogP contribution in [0.25, 0.3) is 43.1 Å². The highest BCUT2D eigenvalue weighted by atomic mass is 14.6. The Morgan fingerprint density at radius 1 is 0.652 bits per heavy atom. The lowest BCUT2D eigenvalue weighted by Gasteiger charge is -2.18. The third-order valence-electron chi connectivity index (χ3n) is 5.13. The van der Waals surface area contributed by atoms with Gasteiger partial charge in [0, 0.05) is 11.1 Å². The maximum atomic E-state index is 6.46. The van der Waals surface area contributed by atoms with Gasteiger partial charge in [0.15, 0.2) is 0 Å². The molecule has 0 aliphatic heterocycles. The lowest BCUT2D eigenvalue weighted by molar-refractivity contribution is 1.16. The van der Waals surface area contributed by atoms with Crippen LogP contribution in [-0.4, -0.2) is 0 Å². The van der Waals surface area contributed by atoms with Crippen molar-refractivity contribution in [3.63, 3.8) is 0 Å². The Kier molecular flexibility index (Phi) is 2.41. The minimum Gasteiger partial charge on any atom is -0.398 e. The number of benzene rings is 5. The lowest BCUT2D eigenvalue weighted by atomic mass is 9.86. The molecule has 5 aromatic rings. The molecule has 0 spiro atoms. The number of aryl methyl sites for hydroxylation is 1. The molecule has 0 aromatic heterocycles. The number of hydrogen-bond donors (Lipinski definition) is 1. The number of rotatable bonds is 1. The van der Waals surface area contributed by atoms with Crippen LogP contribution in [0.15, 0.2) is 60.7 Å². The highest BCUT2D eigenvalue weighted by Crippen LogP contribution is 2.43. The Morgan fingerprint density at radius 3 is 1.91 bits per heavy atom. The van der Waals surface area contributed by atoms with Gasteiger partial charge in [-0.3, -0.25) is 0 Å². The Hall–Kier alpha value is -2.80. The van der Waals surface area contributed by atoms with Crippen molar-refractivity contribution in [3.05, 3.63) is 66.2 Å². The van der Waals surface area contributed by atoms with Crippen LogP contribution in [0.5, 0.6) is 0 Å². The average molecular weight is 295 g/mol. The van der Waals surface area contributed by atoms with Gasteiger partial charge in [-0.05, 0) is 55.8 Å². The monoisotopic (exact) mass is 295 g/mol. The summed E-state index contributed by atoms with van der Waals surface area (Å²) in [7, 11) is 0.